The smallest absolute Gasteiger partial charge is 0.271 e. The van der Waals surface area contributed by atoms with Gasteiger partial charge in [-0.15, -0.1) is 0 Å². The Morgan fingerprint density at radius 2 is 1.65 bits per heavy atom. The number of piperidine rings is 2. The van der Waals surface area contributed by atoms with Crippen LogP contribution in [-0.2, 0) is 4.79 Å². The van der Waals surface area contributed by atoms with Gasteiger partial charge in [0.1, 0.15) is 29.1 Å². The molecule has 4 amide bonds. The number of carbonyl (C=O) groups excluding carboxylic acids is 4. The summed E-state index contributed by atoms with van der Waals surface area (Å²) >= 11 is 6.14. The summed E-state index contributed by atoms with van der Waals surface area (Å²) in [5.74, 6) is -2.59. The van der Waals surface area contributed by atoms with E-state index in [1.807, 2.05) is 11.0 Å². The topological polar surface area (TPSA) is 198 Å². The van der Waals surface area contributed by atoms with Crippen LogP contribution >= 0.6 is 11.6 Å². The molecule has 4 fully saturated rings. The number of nitrogens with one attached hydrogen (secondary N) is 1. The van der Waals surface area contributed by atoms with E-state index in [-0.39, 0.29) is 46.0 Å². The van der Waals surface area contributed by atoms with Crippen molar-refractivity contribution in [3.05, 3.63) is 75.9 Å². The van der Waals surface area contributed by atoms with Gasteiger partial charge >= 0.3 is 0 Å². The molecule has 5 heterocycles. The van der Waals surface area contributed by atoms with Gasteiger partial charge in [0, 0.05) is 57.4 Å². The zero-order valence-corrected chi connectivity index (χ0v) is 32.0. The second-order valence-corrected chi connectivity index (χ2v) is 16.2. The van der Waals surface area contributed by atoms with Crippen LogP contribution in [0.15, 0.2) is 42.7 Å². The molecule has 2 aromatic carbocycles. The van der Waals surface area contributed by atoms with Crippen molar-refractivity contribution in [3.63, 3.8) is 0 Å². The third-order valence-corrected chi connectivity index (χ3v) is 12.6. The Morgan fingerprint density at radius 1 is 0.965 bits per heavy atom. The molecule has 8 rings (SSSR count). The molecule has 0 bridgehead atoms. The molecule has 1 aromatic heterocycles. The third kappa shape index (κ3) is 7.59. The molecule has 4 aliphatic heterocycles. The number of imide groups is 1. The number of primary amides is 1. The van der Waals surface area contributed by atoms with E-state index in [0.717, 1.165) is 89.4 Å². The SMILES string of the molecule is N#Cc1ccc(O[C@H]2CC[C@H](NC(=O)c3cnc(N4CCC5(CC4)CN(C4CCN(c6cc7c(cc6F)C(=O)N(C(O)C(N)=O)C7=O)CC4)C5)cn3)CC2)cc1Cl. The molecule has 57 heavy (non-hydrogen) atoms. The lowest BCUT2D eigenvalue weighted by Crippen LogP contribution is -2.64. The molecule has 4 N–H and O–H groups in total. The predicted molar refractivity (Wildman–Crippen MR) is 205 cm³/mol. The second kappa shape index (κ2) is 15.5. The molecule has 17 heteroatoms. The van der Waals surface area contributed by atoms with E-state index in [0.29, 0.717) is 40.4 Å². The van der Waals surface area contributed by atoms with Gasteiger partial charge in [0.25, 0.3) is 23.6 Å². The van der Waals surface area contributed by atoms with Crippen LogP contribution in [-0.4, -0.2) is 112 Å². The number of ether oxygens (including phenoxy) is 1. The van der Waals surface area contributed by atoms with Crippen molar-refractivity contribution in [1.29, 1.82) is 5.26 Å². The molecule has 1 saturated carbocycles. The summed E-state index contributed by atoms with van der Waals surface area (Å²) in [5.41, 5.74) is 5.97. The first-order chi connectivity index (χ1) is 27.4. The number of carbonyl (C=O) groups is 4. The minimum absolute atomic E-state index is 0.00872. The first-order valence-electron chi connectivity index (χ1n) is 19.3. The van der Waals surface area contributed by atoms with Crippen LogP contribution in [0, 0.1) is 22.6 Å². The maximum atomic E-state index is 15.2. The zero-order valence-electron chi connectivity index (χ0n) is 31.2. The zero-order chi connectivity index (χ0) is 40.0. The number of aliphatic hydroxyl groups is 1. The van der Waals surface area contributed by atoms with Crippen molar-refractivity contribution >= 4 is 46.7 Å². The molecule has 1 spiro atoms. The Labute approximate surface area is 333 Å². The number of likely N-dealkylation sites (tertiary alicyclic amines) is 1. The van der Waals surface area contributed by atoms with E-state index >= 15 is 4.39 Å². The lowest BCUT2D eigenvalue weighted by molar-refractivity contribution is -0.131. The Kier molecular flexibility index (Phi) is 10.5. The second-order valence-electron chi connectivity index (χ2n) is 15.8. The van der Waals surface area contributed by atoms with Crippen LogP contribution in [0.4, 0.5) is 15.9 Å². The molecule has 15 nitrogen and oxygen atoms in total. The monoisotopic (exact) mass is 799 g/mol. The fourth-order valence-corrected chi connectivity index (χ4v) is 9.18. The van der Waals surface area contributed by atoms with Crippen LogP contribution in [0.2, 0.25) is 5.02 Å². The van der Waals surface area contributed by atoms with Crippen LogP contribution in [0.1, 0.15) is 88.1 Å². The molecule has 3 saturated heterocycles. The van der Waals surface area contributed by atoms with Gasteiger partial charge in [-0.25, -0.2) is 19.3 Å². The van der Waals surface area contributed by atoms with Crippen molar-refractivity contribution in [2.45, 2.75) is 75.8 Å². The van der Waals surface area contributed by atoms with E-state index in [9.17, 15) is 24.3 Å². The minimum atomic E-state index is -2.12. The van der Waals surface area contributed by atoms with E-state index < -0.39 is 29.8 Å². The minimum Gasteiger partial charge on any atom is -0.490 e. The van der Waals surface area contributed by atoms with E-state index in [1.54, 1.807) is 30.6 Å². The average molecular weight is 800 g/mol. The number of nitriles is 1. The van der Waals surface area contributed by atoms with Gasteiger partial charge in [-0.3, -0.25) is 24.1 Å². The highest BCUT2D eigenvalue weighted by molar-refractivity contribution is 6.31. The van der Waals surface area contributed by atoms with Gasteiger partial charge in [0.05, 0.1) is 45.9 Å². The molecule has 0 radical (unpaired) electrons. The number of fused-ring (bicyclic) bond motifs is 1. The van der Waals surface area contributed by atoms with Crippen molar-refractivity contribution in [1.82, 2.24) is 25.1 Å². The van der Waals surface area contributed by atoms with Crippen molar-refractivity contribution in [3.8, 4) is 11.8 Å². The Bertz CT molecular complexity index is 2120. The molecule has 1 atom stereocenters. The Balaban J connectivity index is 0.764. The lowest BCUT2D eigenvalue weighted by Gasteiger charge is -2.57. The van der Waals surface area contributed by atoms with Gasteiger partial charge in [0.15, 0.2) is 0 Å². The summed E-state index contributed by atoms with van der Waals surface area (Å²) in [6.07, 6.45) is 7.89. The van der Waals surface area contributed by atoms with Crippen molar-refractivity contribution in [2.24, 2.45) is 11.1 Å². The normalized spacial score (nSPS) is 22.8. The summed E-state index contributed by atoms with van der Waals surface area (Å²) in [6.45, 7) is 4.84. The van der Waals surface area contributed by atoms with Gasteiger partial charge in [-0.2, -0.15) is 5.26 Å². The molecule has 1 aliphatic carbocycles. The van der Waals surface area contributed by atoms with Crippen molar-refractivity contribution in [2.75, 3.05) is 49.1 Å². The average Bonchev–Trinajstić information content (AvgIpc) is 3.44. The van der Waals surface area contributed by atoms with Crippen molar-refractivity contribution < 1.29 is 33.4 Å². The first kappa shape index (κ1) is 38.5. The van der Waals surface area contributed by atoms with Crippen LogP contribution in [0.3, 0.4) is 0 Å². The quantitative estimate of drug-likeness (QED) is 0.268. The summed E-state index contributed by atoms with van der Waals surface area (Å²) < 4.78 is 21.3. The molecule has 1 unspecified atom stereocenters. The highest BCUT2D eigenvalue weighted by Gasteiger charge is 2.48. The number of nitrogens with two attached hydrogens (primary N) is 1. The molecule has 3 aromatic rings. The first-order valence-corrected chi connectivity index (χ1v) is 19.7. The summed E-state index contributed by atoms with van der Waals surface area (Å²) in [5, 5.41) is 22.5. The fraction of sp³-hybridized carbons (Fsp3) is 0.475. The fourth-order valence-electron chi connectivity index (χ4n) is 8.97. The maximum Gasteiger partial charge on any atom is 0.271 e. The lowest BCUT2D eigenvalue weighted by atomic mass is 9.71. The number of hydrogen-bond acceptors (Lipinski definition) is 12. The number of aromatic nitrogens is 2. The molecule has 5 aliphatic rings. The number of aliphatic hydroxyl groups excluding tert-OH is 1. The molecular weight excluding hydrogens is 757 g/mol. The van der Waals surface area contributed by atoms with Gasteiger partial charge in [0.2, 0.25) is 6.23 Å². The Hall–Kier alpha value is -5.37. The number of anilines is 2. The molecule has 298 valence electrons. The van der Waals surface area contributed by atoms with Crippen LogP contribution in [0.25, 0.3) is 0 Å². The number of rotatable bonds is 9. The standard InChI is InChI=1S/C40H43ClFN9O6/c41-30-15-27(4-1-23(30)18-43)57-26-5-2-24(3-6-26)47-36(53)32-19-46-34(20-45-32)49-13-9-40(10-14-49)21-50(22-40)25-7-11-48(12-8-25)33-17-29-28(16-31(33)42)37(54)51(38(29)55)39(56)35(44)52/h1,4,15-17,19-20,24-26,39,56H,2-3,5-14,21-22H2,(H2,44,52)(H,47,53)/t24-,26-,39?. The third-order valence-electron chi connectivity index (χ3n) is 12.3. The highest BCUT2D eigenvalue weighted by atomic mass is 35.5. The van der Waals surface area contributed by atoms with E-state index in [4.69, 9.17) is 27.3 Å². The number of amides is 4. The number of hydrogen-bond donors (Lipinski definition) is 3. The number of nitrogens with zero attached hydrogens (tertiary/aromatic N) is 7. The van der Waals surface area contributed by atoms with E-state index in [1.165, 1.54) is 6.07 Å². The Morgan fingerprint density at radius 3 is 2.26 bits per heavy atom. The van der Waals surface area contributed by atoms with Gasteiger partial charge < -0.3 is 30.7 Å². The predicted octanol–water partition coefficient (Wildman–Crippen LogP) is 3.23. The van der Waals surface area contributed by atoms with Gasteiger partial charge in [-0.1, -0.05) is 11.6 Å². The van der Waals surface area contributed by atoms with Crippen LogP contribution in [0.5, 0.6) is 5.75 Å². The highest BCUT2D eigenvalue weighted by Crippen LogP contribution is 2.44. The summed E-state index contributed by atoms with van der Waals surface area (Å²) in [6, 6.07) is 9.81. The van der Waals surface area contributed by atoms with E-state index in [2.05, 4.69) is 25.1 Å². The number of halogens is 2. The summed E-state index contributed by atoms with van der Waals surface area (Å²) in [4.78, 5) is 66.0. The maximum absolute atomic E-state index is 15.2. The summed E-state index contributed by atoms with van der Waals surface area (Å²) in [7, 11) is 0. The molecular formula is C40H43ClFN9O6. The largest absolute Gasteiger partial charge is 0.490 e. The van der Waals surface area contributed by atoms with Gasteiger partial charge in [-0.05, 0) is 81.0 Å². The number of benzene rings is 2. The van der Waals surface area contributed by atoms with Crippen LogP contribution < -0.4 is 25.6 Å².